The lowest BCUT2D eigenvalue weighted by Gasteiger charge is -2.33. The van der Waals surface area contributed by atoms with E-state index in [1.807, 2.05) is 6.20 Å². The number of rotatable bonds is 1. The molecule has 4 nitrogen and oxygen atoms in total. The molecule has 0 atom stereocenters. The van der Waals surface area contributed by atoms with Crippen molar-refractivity contribution >= 4 is 39.8 Å². The van der Waals surface area contributed by atoms with E-state index >= 15 is 0 Å². The van der Waals surface area contributed by atoms with Gasteiger partial charge in [-0.05, 0) is 24.2 Å². The van der Waals surface area contributed by atoms with Crippen molar-refractivity contribution in [3.8, 4) is 0 Å². The molecule has 2 aliphatic rings. The number of nitrogens with zero attached hydrogens (tertiary/aromatic N) is 3. The molecule has 18 heavy (non-hydrogen) atoms. The van der Waals surface area contributed by atoms with Gasteiger partial charge in [-0.25, -0.2) is 4.98 Å². The average molecular weight is 380 g/mol. The number of aromatic nitrogens is 1. The van der Waals surface area contributed by atoms with Gasteiger partial charge in [-0.2, -0.15) is 0 Å². The highest BCUT2D eigenvalue weighted by Gasteiger charge is 2.17. The Bertz CT molecular complexity index is 392. The van der Waals surface area contributed by atoms with Crippen LogP contribution in [0.1, 0.15) is 11.1 Å². The second-order valence-electron chi connectivity index (χ2n) is 4.71. The van der Waals surface area contributed by atoms with Crippen LogP contribution in [0.2, 0.25) is 0 Å². The zero-order chi connectivity index (χ0) is 11.0. The van der Waals surface area contributed by atoms with E-state index in [0.717, 1.165) is 45.1 Å². The largest absolute Gasteiger partial charge is 0.354 e. The molecule has 6 heteroatoms. The molecule has 0 spiro atoms. The molecular formula is C12H20Br2N4. The predicted octanol–water partition coefficient (Wildman–Crippen LogP) is 1.59. The summed E-state index contributed by atoms with van der Waals surface area (Å²) in [6.07, 6.45) is 2.03. The van der Waals surface area contributed by atoms with Crippen molar-refractivity contribution in [1.29, 1.82) is 0 Å². The van der Waals surface area contributed by atoms with Gasteiger partial charge >= 0.3 is 0 Å². The molecule has 0 saturated carbocycles. The third-order valence-corrected chi connectivity index (χ3v) is 3.53. The molecule has 2 aliphatic heterocycles. The lowest BCUT2D eigenvalue weighted by Crippen LogP contribution is -2.44. The zero-order valence-corrected chi connectivity index (χ0v) is 14.0. The fourth-order valence-corrected chi connectivity index (χ4v) is 2.38. The minimum Gasteiger partial charge on any atom is -0.354 e. The van der Waals surface area contributed by atoms with Crippen LogP contribution in [0, 0.1) is 0 Å². The standard InChI is InChI=1S/C12H18N4.2BrH/c1-15-2-4-16(5-3-15)12-6-10-7-13-8-11(10)9-14-12;;/h6,9,13H,2-5,7-8H2,1H3;2*1H. The van der Waals surface area contributed by atoms with Crippen LogP contribution in [-0.4, -0.2) is 43.1 Å². The maximum Gasteiger partial charge on any atom is 0.128 e. The molecule has 0 radical (unpaired) electrons. The summed E-state index contributed by atoms with van der Waals surface area (Å²) >= 11 is 0. The third-order valence-electron chi connectivity index (χ3n) is 3.53. The van der Waals surface area contributed by atoms with E-state index in [-0.39, 0.29) is 34.0 Å². The first-order valence-corrected chi connectivity index (χ1v) is 5.95. The highest BCUT2D eigenvalue weighted by Crippen LogP contribution is 2.20. The summed E-state index contributed by atoms with van der Waals surface area (Å²) in [5, 5.41) is 3.36. The van der Waals surface area contributed by atoms with Crippen molar-refractivity contribution in [1.82, 2.24) is 15.2 Å². The lowest BCUT2D eigenvalue weighted by molar-refractivity contribution is 0.312. The number of nitrogens with one attached hydrogen (secondary N) is 1. The molecule has 3 heterocycles. The van der Waals surface area contributed by atoms with Gasteiger partial charge in [0.25, 0.3) is 0 Å². The Labute approximate surface area is 129 Å². The molecule has 1 aromatic heterocycles. The molecule has 3 rings (SSSR count). The Hall–Kier alpha value is -0.170. The Morgan fingerprint density at radius 3 is 2.44 bits per heavy atom. The van der Waals surface area contributed by atoms with E-state index in [1.54, 1.807) is 0 Å². The maximum atomic E-state index is 4.57. The van der Waals surface area contributed by atoms with E-state index < -0.39 is 0 Å². The normalized spacial score (nSPS) is 18.8. The molecule has 0 amide bonds. The number of hydrogen-bond donors (Lipinski definition) is 1. The van der Waals surface area contributed by atoms with Gasteiger partial charge in [0.15, 0.2) is 0 Å². The number of hydrogen-bond acceptors (Lipinski definition) is 4. The quantitative estimate of drug-likeness (QED) is 0.802. The summed E-state index contributed by atoms with van der Waals surface area (Å²) in [4.78, 5) is 9.32. The number of pyridine rings is 1. The van der Waals surface area contributed by atoms with Crippen molar-refractivity contribution in [2.24, 2.45) is 0 Å². The molecule has 0 unspecified atom stereocenters. The van der Waals surface area contributed by atoms with Gasteiger partial charge in [-0.1, -0.05) is 0 Å². The Morgan fingerprint density at radius 1 is 1.06 bits per heavy atom. The van der Waals surface area contributed by atoms with Gasteiger partial charge in [0.2, 0.25) is 0 Å². The number of fused-ring (bicyclic) bond motifs is 1. The molecule has 1 saturated heterocycles. The van der Waals surface area contributed by atoms with Crippen molar-refractivity contribution in [2.45, 2.75) is 13.1 Å². The molecule has 1 aromatic rings. The van der Waals surface area contributed by atoms with E-state index in [2.05, 4.69) is 33.2 Å². The summed E-state index contributed by atoms with van der Waals surface area (Å²) in [7, 11) is 2.18. The second kappa shape index (κ2) is 6.84. The monoisotopic (exact) mass is 378 g/mol. The van der Waals surface area contributed by atoms with Crippen LogP contribution in [0.3, 0.4) is 0 Å². The molecule has 102 valence electrons. The van der Waals surface area contributed by atoms with E-state index in [9.17, 15) is 0 Å². The third kappa shape index (κ3) is 3.23. The highest BCUT2D eigenvalue weighted by molar-refractivity contribution is 8.93. The van der Waals surface area contributed by atoms with Crippen LogP contribution in [-0.2, 0) is 13.1 Å². The van der Waals surface area contributed by atoms with E-state index in [0.29, 0.717) is 0 Å². The topological polar surface area (TPSA) is 31.4 Å². The average Bonchev–Trinajstić information content (AvgIpc) is 2.77. The van der Waals surface area contributed by atoms with Crippen LogP contribution in [0.25, 0.3) is 0 Å². The SMILES string of the molecule is Br.Br.CN1CCN(c2cc3c(cn2)CNC3)CC1. The molecule has 1 N–H and O–H groups in total. The zero-order valence-electron chi connectivity index (χ0n) is 10.6. The van der Waals surface area contributed by atoms with Crippen molar-refractivity contribution < 1.29 is 0 Å². The highest BCUT2D eigenvalue weighted by atomic mass is 79.9. The number of halogens is 2. The molecule has 1 fully saturated rings. The molecule has 0 bridgehead atoms. The Balaban J connectivity index is 0.000000810. The number of anilines is 1. The van der Waals surface area contributed by atoms with Crippen LogP contribution in [0.15, 0.2) is 12.3 Å². The van der Waals surface area contributed by atoms with E-state index in [1.165, 1.54) is 11.1 Å². The number of piperazine rings is 1. The summed E-state index contributed by atoms with van der Waals surface area (Å²) < 4.78 is 0. The minimum absolute atomic E-state index is 0. The van der Waals surface area contributed by atoms with Gasteiger partial charge in [0, 0.05) is 45.5 Å². The van der Waals surface area contributed by atoms with Gasteiger partial charge < -0.3 is 15.1 Å². The Kier molecular flexibility index (Phi) is 6.04. The molecule has 0 aromatic carbocycles. The first kappa shape index (κ1) is 15.9. The summed E-state index contributed by atoms with van der Waals surface area (Å²) in [5.41, 5.74) is 2.78. The maximum absolute atomic E-state index is 4.57. The van der Waals surface area contributed by atoms with Gasteiger partial charge in [0.05, 0.1) is 0 Å². The van der Waals surface area contributed by atoms with Gasteiger partial charge in [-0.3, -0.25) is 0 Å². The fraction of sp³-hybridized carbons (Fsp3) is 0.583. The van der Waals surface area contributed by atoms with Crippen LogP contribution >= 0.6 is 34.0 Å². The first-order valence-electron chi connectivity index (χ1n) is 5.95. The summed E-state index contributed by atoms with van der Waals surface area (Å²) in [6, 6.07) is 2.25. The van der Waals surface area contributed by atoms with Crippen LogP contribution in [0.5, 0.6) is 0 Å². The molecular weight excluding hydrogens is 360 g/mol. The van der Waals surface area contributed by atoms with Crippen LogP contribution < -0.4 is 10.2 Å². The second-order valence-corrected chi connectivity index (χ2v) is 4.71. The van der Waals surface area contributed by atoms with E-state index in [4.69, 9.17) is 0 Å². The number of likely N-dealkylation sites (N-methyl/N-ethyl adjacent to an activating group) is 1. The van der Waals surface area contributed by atoms with Crippen molar-refractivity contribution in [3.05, 3.63) is 23.4 Å². The minimum atomic E-state index is 0. The molecule has 0 aliphatic carbocycles. The smallest absolute Gasteiger partial charge is 0.128 e. The van der Waals surface area contributed by atoms with Crippen LogP contribution in [0.4, 0.5) is 5.82 Å². The van der Waals surface area contributed by atoms with Crippen molar-refractivity contribution in [3.63, 3.8) is 0 Å². The Morgan fingerprint density at radius 2 is 1.72 bits per heavy atom. The fourth-order valence-electron chi connectivity index (χ4n) is 2.38. The van der Waals surface area contributed by atoms with Crippen molar-refractivity contribution in [2.75, 3.05) is 38.1 Å². The first-order chi connectivity index (χ1) is 7.83. The van der Waals surface area contributed by atoms with Gasteiger partial charge in [-0.15, -0.1) is 34.0 Å². The summed E-state index contributed by atoms with van der Waals surface area (Å²) in [5.74, 6) is 1.15. The summed E-state index contributed by atoms with van der Waals surface area (Å²) in [6.45, 7) is 6.43. The predicted molar refractivity (Wildman–Crippen MR) is 85.1 cm³/mol. The lowest BCUT2D eigenvalue weighted by atomic mass is 10.2. The van der Waals surface area contributed by atoms with Gasteiger partial charge in [0.1, 0.15) is 5.82 Å².